The SMILES string of the molecule is CC/C=C\CCC(Cl)CCC. The van der Waals surface area contributed by atoms with Gasteiger partial charge in [-0.25, -0.2) is 0 Å². The van der Waals surface area contributed by atoms with Crippen LogP contribution in [-0.2, 0) is 0 Å². The highest BCUT2D eigenvalue weighted by Crippen LogP contribution is 2.11. The topological polar surface area (TPSA) is 0 Å². The first-order valence-corrected chi connectivity index (χ1v) is 5.04. The van der Waals surface area contributed by atoms with Crippen molar-refractivity contribution in [1.29, 1.82) is 0 Å². The van der Waals surface area contributed by atoms with Crippen molar-refractivity contribution in [1.82, 2.24) is 0 Å². The zero-order valence-corrected chi connectivity index (χ0v) is 8.40. The van der Waals surface area contributed by atoms with Gasteiger partial charge in [-0.05, 0) is 25.7 Å². The van der Waals surface area contributed by atoms with Gasteiger partial charge in [-0.2, -0.15) is 0 Å². The molecule has 0 heterocycles. The minimum absolute atomic E-state index is 0.390. The van der Waals surface area contributed by atoms with Gasteiger partial charge in [0.05, 0.1) is 0 Å². The maximum atomic E-state index is 6.03. The second kappa shape index (κ2) is 8.13. The van der Waals surface area contributed by atoms with Gasteiger partial charge in [0.15, 0.2) is 0 Å². The molecule has 0 nitrogen and oxygen atoms in total. The van der Waals surface area contributed by atoms with E-state index in [0.29, 0.717) is 5.38 Å². The molecule has 1 unspecified atom stereocenters. The van der Waals surface area contributed by atoms with Crippen LogP contribution in [0.25, 0.3) is 0 Å². The highest BCUT2D eigenvalue weighted by molar-refractivity contribution is 6.20. The first kappa shape index (κ1) is 11.0. The van der Waals surface area contributed by atoms with E-state index in [4.69, 9.17) is 11.6 Å². The van der Waals surface area contributed by atoms with Crippen LogP contribution in [0, 0.1) is 0 Å². The van der Waals surface area contributed by atoms with E-state index in [1.165, 1.54) is 6.42 Å². The molecule has 0 radical (unpaired) electrons. The molecule has 0 aliphatic rings. The number of hydrogen-bond donors (Lipinski definition) is 0. The monoisotopic (exact) mass is 174 g/mol. The summed E-state index contributed by atoms with van der Waals surface area (Å²) in [5.41, 5.74) is 0. The van der Waals surface area contributed by atoms with E-state index in [1.807, 2.05) is 0 Å². The predicted molar refractivity (Wildman–Crippen MR) is 53.2 cm³/mol. The lowest BCUT2D eigenvalue weighted by atomic mass is 10.1. The van der Waals surface area contributed by atoms with Crippen LogP contribution in [-0.4, -0.2) is 5.38 Å². The normalized spacial score (nSPS) is 14.1. The average Bonchev–Trinajstić information content (AvgIpc) is 1.99. The molecule has 1 heteroatoms. The number of alkyl halides is 1. The summed E-state index contributed by atoms with van der Waals surface area (Å²) in [6, 6.07) is 0. The van der Waals surface area contributed by atoms with Gasteiger partial charge < -0.3 is 0 Å². The summed E-state index contributed by atoms with van der Waals surface area (Å²) in [6.07, 6.45) is 10.2. The highest BCUT2D eigenvalue weighted by atomic mass is 35.5. The molecule has 0 aromatic heterocycles. The molecule has 0 N–H and O–H groups in total. The van der Waals surface area contributed by atoms with Crippen LogP contribution in [0.1, 0.15) is 46.0 Å². The first-order chi connectivity index (χ1) is 5.31. The summed E-state index contributed by atoms with van der Waals surface area (Å²) in [5, 5.41) is 0.390. The third kappa shape index (κ3) is 7.93. The Balaban J connectivity index is 3.16. The molecule has 0 bridgehead atoms. The Bertz CT molecular complexity index is 97.0. The van der Waals surface area contributed by atoms with Crippen LogP contribution >= 0.6 is 11.6 Å². The Labute approximate surface area is 75.6 Å². The summed E-state index contributed by atoms with van der Waals surface area (Å²) in [5.74, 6) is 0. The van der Waals surface area contributed by atoms with Crippen molar-refractivity contribution in [2.24, 2.45) is 0 Å². The highest BCUT2D eigenvalue weighted by Gasteiger charge is 1.99. The van der Waals surface area contributed by atoms with Crippen molar-refractivity contribution in [3.05, 3.63) is 12.2 Å². The quantitative estimate of drug-likeness (QED) is 0.420. The molecule has 0 saturated carbocycles. The Morgan fingerprint density at radius 2 is 1.91 bits per heavy atom. The Hall–Kier alpha value is 0.0300. The van der Waals surface area contributed by atoms with E-state index in [-0.39, 0.29) is 0 Å². The van der Waals surface area contributed by atoms with Gasteiger partial charge in [-0.1, -0.05) is 32.4 Å². The first-order valence-electron chi connectivity index (χ1n) is 4.60. The lowest BCUT2D eigenvalue weighted by Crippen LogP contribution is -1.95. The third-order valence-electron chi connectivity index (χ3n) is 1.65. The molecule has 0 aliphatic carbocycles. The molecule has 1 atom stereocenters. The third-order valence-corrected chi connectivity index (χ3v) is 2.09. The molecule has 0 aliphatic heterocycles. The summed E-state index contributed by atoms with van der Waals surface area (Å²) in [6.45, 7) is 4.33. The molecular weight excluding hydrogens is 156 g/mol. The maximum absolute atomic E-state index is 6.03. The van der Waals surface area contributed by atoms with Crippen LogP contribution in [0.15, 0.2) is 12.2 Å². The Morgan fingerprint density at radius 3 is 2.45 bits per heavy atom. The zero-order valence-electron chi connectivity index (χ0n) is 7.65. The average molecular weight is 175 g/mol. The minimum Gasteiger partial charge on any atom is -0.123 e. The summed E-state index contributed by atoms with van der Waals surface area (Å²) < 4.78 is 0. The van der Waals surface area contributed by atoms with Crippen LogP contribution in [0.4, 0.5) is 0 Å². The number of halogens is 1. The molecule has 0 rings (SSSR count). The van der Waals surface area contributed by atoms with E-state index >= 15 is 0 Å². The van der Waals surface area contributed by atoms with Gasteiger partial charge in [-0.15, -0.1) is 11.6 Å². The largest absolute Gasteiger partial charge is 0.123 e. The van der Waals surface area contributed by atoms with Crippen molar-refractivity contribution in [3.63, 3.8) is 0 Å². The van der Waals surface area contributed by atoms with E-state index < -0.39 is 0 Å². The molecule has 0 spiro atoms. The van der Waals surface area contributed by atoms with Crippen LogP contribution in [0.2, 0.25) is 0 Å². The molecule has 66 valence electrons. The minimum atomic E-state index is 0.390. The molecular formula is C10H19Cl. The Kier molecular flexibility index (Phi) is 8.15. The standard InChI is InChI=1S/C10H19Cl/c1-3-5-6-7-9-10(11)8-4-2/h5-6,10H,3-4,7-9H2,1-2H3/b6-5-. The second-order valence-corrected chi connectivity index (χ2v) is 3.46. The smallest absolute Gasteiger partial charge is 0.0338 e. The molecule has 0 aromatic rings. The lowest BCUT2D eigenvalue weighted by Gasteiger charge is -2.03. The molecule has 0 saturated heterocycles. The number of allylic oxidation sites excluding steroid dienone is 2. The van der Waals surface area contributed by atoms with Gasteiger partial charge >= 0.3 is 0 Å². The fourth-order valence-electron chi connectivity index (χ4n) is 1.02. The van der Waals surface area contributed by atoms with Gasteiger partial charge in [0.2, 0.25) is 0 Å². The van der Waals surface area contributed by atoms with Crippen molar-refractivity contribution < 1.29 is 0 Å². The summed E-state index contributed by atoms with van der Waals surface area (Å²) in [4.78, 5) is 0. The molecule has 11 heavy (non-hydrogen) atoms. The number of hydrogen-bond acceptors (Lipinski definition) is 0. The molecule has 0 amide bonds. The predicted octanol–water partition coefficient (Wildman–Crippen LogP) is 4.14. The summed E-state index contributed by atoms with van der Waals surface area (Å²) in [7, 11) is 0. The van der Waals surface area contributed by atoms with Crippen LogP contribution < -0.4 is 0 Å². The molecule has 0 fully saturated rings. The lowest BCUT2D eigenvalue weighted by molar-refractivity contribution is 0.683. The van der Waals surface area contributed by atoms with Gasteiger partial charge in [0.25, 0.3) is 0 Å². The van der Waals surface area contributed by atoms with E-state index in [2.05, 4.69) is 26.0 Å². The van der Waals surface area contributed by atoms with E-state index in [9.17, 15) is 0 Å². The second-order valence-electron chi connectivity index (χ2n) is 2.84. The Morgan fingerprint density at radius 1 is 1.18 bits per heavy atom. The zero-order chi connectivity index (χ0) is 8.53. The van der Waals surface area contributed by atoms with Gasteiger partial charge in [0, 0.05) is 5.38 Å². The van der Waals surface area contributed by atoms with Crippen molar-refractivity contribution in [3.8, 4) is 0 Å². The number of rotatable bonds is 6. The van der Waals surface area contributed by atoms with Crippen molar-refractivity contribution >= 4 is 11.6 Å². The fourth-order valence-corrected chi connectivity index (χ4v) is 1.36. The summed E-state index contributed by atoms with van der Waals surface area (Å²) >= 11 is 6.03. The van der Waals surface area contributed by atoms with Crippen LogP contribution in [0.3, 0.4) is 0 Å². The van der Waals surface area contributed by atoms with Gasteiger partial charge in [-0.3, -0.25) is 0 Å². The fraction of sp³-hybridized carbons (Fsp3) is 0.800. The van der Waals surface area contributed by atoms with Crippen molar-refractivity contribution in [2.75, 3.05) is 0 Å². The van der Waals surface area contributed by atoms with Crippen molar-refractivity contribution in [2.45, 2.75) is 51.3 Å². The van der Waals surface area contributed by atoms with E-state index in [1.54, 1.807) is 0 Å². The maximum Gasteiger partial charge on any atom is 0.0338 e. The van der Waals surface area contributed by atoms with E-state index in [0.717, 1.165) is 25.7 Å². The molecule has 0 aromatic carbocycles. The van der Waals surface area contributed by atoms with Crippen LogP contribution in [0.5, 0.6) is 0 Å². The van der Waals surface area contributed by atoms with Gasteiger partial charge in [0.1, 0.15) is 0 Å².